The summed E-state index contributed by atoms with van der Waals surface area (Å²) in [6, 6.07) is 0. The molecule has 1 aliphatic carbocycles. The Kier molecular flexibility index (Phi) is 2.07. The van der Waals surface area contributed by atoms with Crippen molar-refractivity contribution in [3.8, 4) is 0 Å². The molecule has 0 aliphatic heterocycles. The lowest BCUT2D eigenvalue weighted by molar-refractivity contribution is -0.125. The van der Waals surface area contributed by atoms with Crippen molar-refractivity contribution in [1.82, 2.24) is 0 Å². The molecule has 0 unspecified atom stereocenters. The molecule has 1 fully saturated rings. The van der Waals surface area contributed by atoms with Crippen LogP contribution in [0.2, 0.25) is 0 Å². The number of hydrogen-bond donors (Lipinski definition) is 0. The molecule has 1 saturated carbocycles. The lowest BCUT2D eigenvalue weighted by Gasteiger charge is -2.03. The molecule has 0 aromatic heterocycles. The highest BCUT2D eigenvalue weighted by Gasteiger charge is 2.67. The number of ketones is 1. The summed E-state index contributed by atoms with van der Waals surface area (Å²) in [5.41, 5.74) is 0.311. The summed E-state index contributed by atoms with van der Waals surface area (Å²) >= 11 is 0. The molecule has 0 amide bonds. The van der Waals surface area contributed by atoms with Gasteiger partial charge in [0.05, 0.1) is 0 Å². The summed E-state index contributed by atoms with van der Waals surface area (Å²) in [7, 11) is 1.57. The summed E-state index contributed by atoms with van der Waals surface area (Å²) in [5.74, 6) is 0.428. The van der Waals surface area contributed by atoms with Gasteiger partial charge in [0.2, 0.25) is 0 Å². The van der Waals surface area contributed by atoms with Crippen molar-refractivity contribution in [2.24, 2.45) is 16.7 Å². The van der Waals surface area contributed by atoms with E-state index in [2.05, 4.69) is 27.7 Å². The first-order valence-electron chi connectivity index (χ1n) is 4.37. The van der Waals surface area contributed by atoms with E-state index in [0.29, 0.717) is 0 Å². The summed E-state index contributed by atoms with van der Waals surface area (Å²) in [6.07, 6.45) is 0. The van der Waals surface area contributed by atoms with Gasteiger partial charge in [0.25, 0.3) is 0 Å². The van der Waals surface area contributed by atoms with Crippen LogP contribution in [0.4, 0.5) is 0 Å². The van der Waals surface area contributed by atoms with Crippen molar-refractivity contribution >= 4 is 5.78 Å². The molecule has 1 rings (SSSR count). The molecule has 0 spiro atoms. The Morgan fingerprint density at radius 2 is 1.67 bits per heavy atom. The second-order valence-electron chi connectivity index (χ2n) is 4.78. The third-order valence-electron chi connectivity index (χ3n) is 3.63. The van der Waals surface area contributed by atoms with Gasteiger partial charge in [0.1, 0.15) is 6.61 Å². The van der Waals surface area contributed by atoms with E-state index in [0.717, 1.165) is 0 Å². The summed E-state index contributed by atoms with van der Waals surface area (Å²) < 4.78 is 4.84. The van der Waals surface area contributed by atoms with Crippen molar-refractivity contribution in [2.45, 2.75) is 27.7 Å². The van der Waals surface area contributed by atoms with Crippen LogP contribution in [0, 0.1) is 16.7 Å². The molecule has 0 bridgehead atoms. The van der Waals surface area contributed by atoms with Gasteiger partial charge in [0, 0.05) is 13.0 Å². The molecule has 0 heterocycles. The van der Waals surface area contributed by atoms with Gasteiger partial charge in [-0.2, -0.15) is 0 Å². The van der Waals surface area contributed by atoms with Crippen LogP contribution in [0.5, 0.6) is 0 Å². The minimum absolute atomic E-state index is 0.155. The van der Waals surface area contributed by atoms with Gasteiger partial charge in [-0.1, -0.05) is 27.7 Å². The van der Waals surface area contributed by atoms with Gasteiger partial charge in [-0.15, -0.1) is 0 Å². The zero-order chi connectivity index (χ0) is 9.57. The highest BCUT2D eigenvalue weighted by molar-refractivity contribution is 5.87. The van der Waals surface area contributed by atoms with Gasteiger partial charge in [-0.3, -0.25) is 4.79 Å². The smallest absolute Gasteiger partial charge is 0.162 e. The number of methoxy groups -OCH3 is 1. The number of carbonyl (C=O) groups excluding carboxylic acids is 1. The Bertz CT molecular complexity index is 190. The normalized spacial score (nSPS) is 25.4. The van der Waals surface area contributed by atoms with Crippen LogP contribution in [0.1, 0.15) is 27.7 Å². The maximum atomic E-state index is 11.5. The van der Waals surface area contributed by atoms with E-state index in [1.54, 1.807) is 7.11 Å². The van der Waals surface area contributed by atoms with Crippen molar-refractivity contribution < 1.29 is 9.53 Å². The standard InChI is InChI=1S/C10H18O2/c1-9(2)8(10(9,3)4)7(11)6-12-5/h8H,6H2,1-5H3. The molecule has 0 aromatic rings. The van der Waals surface area contributed by atoms with Crippen LogP contribution >= 0.6 is 0 Å². The molecule has 0 radical (unpaired) electrons. The summed E-state index contributed by atoms with van der Waals surface area (Å²) in [6.45, 7) is 8.84. The zero-order valence-corrected chi connectivity index (χ0v) is 8.60. The SMILES string of the molecule is COCC(=O)C1C(C)(C)C1(C)C. The number of Topliss-reactive ketones (excluding diaryl/α,β-unsaturated/α-hetero) is 1. The minimum Gasteiger partial charge on any atom is -0.377 e. The number of rotatable bonds is 3. The Morgan fingerprint density at radius 1 is 1.25 bits per heavy atom. The third-order valence-corrected chi connectivity index (χ3v) is 3.63. The predicted molar refractivity (Wildman–Crippen MR) is 47.9 cm³/mol. The highest BCUT2D eigenvalue weighted by atomic mass is 16.5. The first-order valence-corrected chi connectivity index (χ1v) is 4.37. The van der Waals surface area contributed by atoms with Crippen molar-refractivity contribution in [3.63, 3.8) is 0 Å². The Balaban J connectivity index is 2.64. The first kappa shape index (κ1) is 9.72. The van der Waals surface area contributed by atoms with E-state index in [-0.39, 0.29) is 29.1 Å². The van der Waals surface area contributed by atoms with Crippen LogP contribution in [0.25, 0.3) is 0 Å². The quantitative estimate of drug-likeness (QED) is 0.646. The average Bonchev–Trinajstić information content (AvgIpc) is 2.24. The molecular formula is C10H18O2. The van der Waals surface area contributed by atoms with Gasteiger partial charge >= 0.3 is 0 Å². The maximum absolute atomic E-state index is 11.5. The largest absolute Gasteiger partial charge is 0.377 e. The Morgan fingerprint density at radius 3 is 1.92 bits per heavy atom. The highest BCUT2D eigenvalue weighted by Crippen LogP contribution is 2.68. The van der Waals surface area contributed by atoms with Crippen molar-refractivity contribution in [2.75, 3.05) is 13.7 Å². The fourth-order valence-corrected chi connectivity index (χ4v) is 2.23. The van der Waals surface area contributed by atoms with E-state index in [4.69, 9.17) is 4.74 Å². The maximum Gasteiger partial charge on any atom is 0.162 e. The number of carbonyl (C=O) groups is 1. The lowest BCUT2D eigenvalue weighted by Crippen LogP contribution is -2.13. The predicted octanol–water partition coefficient (Wildman–Crippen LogP) is 1.88. The van der Waals surface area contributed by atoms with Crippen molar-refractivity contribution in [1.29, 1.82) is 0 Å². The minimum atomic E-state index is 0.155. The van der Waals surface area contributed by atoms with E-state index in [9.17, 15) is 4.79 Å². The molecule has 2 heteroatoms. The Hall–Kier alpha value is -0.370. The molecule has 1 aliphatic rings. The van der Waals surface area contributed by atoms with Crippen LogP contribution in [-0.2, 0) is 9.53 Å². The molecule has 12 heavy (non-hydrogen) atoms. The van der Waals surface area contributed by atoms with Crippen LogP contribution < -0.4 is 0 Å². The summed E-state index contributed by atoms with van der Waals surface area (Å²) in [4.78, 5) is 11.5. The van der Waals surface area contributed by atoms with Gasteiger partial charge in [-0.25, -0.2) is 0 Å². The molecule has 2 nitrogen and oxygen atoms in total. The molecule has 0 N–H and O–H groups in total. The van der Waals surface area contributed by atoms with Crippen LogP contribution in [0.3, 0.4) is 0 Å². The topological polar surface area (TPSA) is 26.3 Å². The average molecular weight is 170 g/mol. The van der Waals surface area contributed by atoms with Gasteiger partial charge in [-0.05, 0) is 10.8 Å². The Labute approximate surface area is 74.3 Å². The van der Waals surface area contributed by atoms with E-state index < -0.39 is 0 Å². The molecule has 0 aromatic carbocycles. The van der Waals surface area contributed by atoms with Gasteiger partial charge in [0.15, 0.2) is 5.78 Å². The lowest BCUT2D eigenvalue weighted by atomic mass is 10.0. The fraction of sp³-hybridized carbons (Fsp3) is 0.900. The zero-order valence-electron chi connectivity index (χ0n) is 8.60. The molecular weight excluding hydrogens is 152 g/mol. The second-order valence-corrected chi connectivity index (χ2v) is 4.78. The number of hydrogen-bond acceptors (Lipinski definition) is 2. The second kappa shape index (κ2) is 2.56. The number of ether oxygens (including phenoxy) is 1. The molecule has 0 saturated heterocycles. The van der Waals surface area contributed by atoms with Gasteiger partial charge < -0.3 is 4.74 Å². The van der Waals surface area contributed by atoms with Crippen LogP contribution in [0.15, 0.2) is 0 Å². The fourth-order valence-electron chi connectivity index (χ4n) is 2.23. The van der Waals surface area contributed by atoms with Crippen LogP contribution in [-0.4, -0.2) is 19.5 Å². The molecule has 0 atom stereocenters. The monoisotopic (exact) mass is 170 g/mol. The van der Waals surface area contributed by atoms with E-state index >= 15 is 0 Å². The summed E-state index contributed by atoms with van der Waals surface area (Å²) in [5, 5.41) is 0. The molecule has 70 valence electrons. The van der Waals surface area contributed by atoms with Crippen molar-refractivity contribution in [3.05, 3.63) is 0 Å². The third kappa shape index (κ3) is 1.09. The van der Waals surface area contributed by atoms with E-state index in [1.165, 1.54) is 0 Å². The van der Waals surface area contributed by atoms with E-state index in [1.807, 2.05) is 0 Å². The first-order chi connectivity index (χ1) is 5.35.